The lowest BCUT2D eigenvalue weighted by Gasteiger charge is -2.11. The van der Waals surface area contributed by atoms with Gasteiger partial charge < -0.3 is 14.9 Å². The minimum atomic E-state index is -0.113. The quantitative estimate of drug-likeness (QED) is 0.830. The number of pyridine rings is 1. The van der Waals surface area contributed by atoms with E-state index in [0.29, 0.717) is 12.1 Å². The standard InChI is InChI=1S/C13H16N4OS/c1-10-3-4-11(12(14)19)13(18)17(10)7-2-6-16-8-5-15-9-16/h3-5,8-9H,2,6-7H2,1H3,(H2,14,19). The Labute approximate surface area is 116 Å². The van der Waals surface area contributed by atoms with Crippen LogP contribution in [0.2, 0.25) is 0 Å². The van der Waals surface area contributed by atoms with Gasteiger partial charge in [0.2, 0.25) is 0 Å². The van der Waals surface area contributed by atoms with Gasteiger partial charge >= 0.3 is 0 Å². The van der Waals surface area contributed by atoms with Crippen LogP contribution in [0.25, 0.3) is 0 Å². The van der Waals surface area contributed by atoms with Crippen LogP contribution < -0.4 is 11.3 Å². The number of aryl methyl sites for hydroxylation is 2. The molecule has 0 bridgehead atoms. The van der Waals surface area contributed by atoms with E-state index in [1.165, 1.54) is 0 Å². The molecule has 0 aromatic carbocycles. The molecule has 0 aliphatic rings. The first kappa shape index (κ1) is 13.5. The fourth-order valence-corrected chi connectivity index (χ4v) is 2.12. The maximum Gasteiger partial charge on any atom is 0.260 e. The van der Waals surface area contributed by atoms with Crippen LogP contribution in [0.3, 0.4) is 0 Å². The van der Waals surface area contributed by atoms with Crippen molar-refractivity contribution in [2.45, 2.75) is 26.4 Å². The summed E-state index contributed by atoms with van der Waals surface area (Å²) >= 11 is 4.88. The molecule has 0 fully saturated rings. The molecule has 0 amide bonds. The smallest absolute Gasteiger partial charge is 0.260 e. The predicted octanol–water partition coefficient (Wildman–Crippen LogP) is 1.08. The maximum atomic E-state index is 12.2. The molecule has 5 nitrogen and oxygen atoms in total. The lowest BCUT2D eigenvalue weighted by molar-refractivity contribution is 0.544. The molecule has 19 heavy (non-hydrogen) atoms. The van der Waals surface area contributed by atoms with Crippen molar-refractivity contribution < 1.29 is 0 Å². The molecule has 0 aliphatic heterocycles. The van der Waals surface area contributed by atoms with E-state index in [0.717, 1.165) is 18.7 Å². The van der Waals surface area contributed by atoms with Crippen molar-refractivity contribution in [3.05, 3.63) is 52.5 Å². The van der Waals surface area contributed by atoms with Crippen LogP contribution in [0.15, 0.2) is 35.6 Å². The van der Waals surface area contributed by atoms with Crippen LogP contribution >= 0.6 is 12.2 Å². The molecule has 2 aromatic heterocycles. The Bertz CT molecular complexity index is 631. The minimum Gasteiger partial charge on any atom is -0.389 e. The highest BCUT2D eigenvalue weighted by molar-refractivity contribution is 7.80. The summed E-state index contributed by atoms with van der Waals surface area (Å²) in [5, 5.41) is 0. The summed E-state index contributed by atoms with van der Waals surface area (Å²) in [5.74, 6) is 0. The molecule has 2 heterocycles. The van der Waals surface area contributed by atoms with Crippen molar-refractivity contribution in [1.82, 2.24) is 14.1 Å². The predicted molar refractivity (Wildman–Crippen MR) is 78.2 cm³/mol. The lowest BCUT2D eigenvalue weighted by Crippen LogP contribution is -2.30. The van der Waals surface area contributed by atoms with E-state index < -0.39 is 0 Å². The highest BCUT2D eigenvalue weighted by atomic mass is 32.1. The van der Waals surface area contributed by atoms with Gasteiger partial charge in [0, 0.05) is 31.2 Å². The number of hydrogen-bond acceptors (Lipinski definition) is 3. The van der Waals surface area contributed by atoms with Crippen LogP contribution in [-0.4, -0.2) is 19.1 Å². The average Bonchev–Trinajstić information content (AvgIpc) is 2.86. The summed E-state index contributed by atoms with van der Waals surface area (Å²) in [6.07, 6.45) is 6.25. The Morgan fingerprint density at radius 3 is 2.84 bits per heavy atom. The number of thiocarbonyl (C=S) groups is 1. The first-order valence-electron chi connectivity index (χ1n) is 6.05. The Kier molecular flexibility index (Phi) is 4.11. The van der Waals surface area contributed by atoms with Crippen LogP contribution in [0.1, 0.15) is 17.7 Å². The second-order valence-electron chi connectivity index (χ2n) is 4.36. The van der Waals surface area contributed by atoms with Crippen molar-refractivity contribution in [3.8, 4) is 0 Å². The number of nitrogens with two attached hydrogens (primary N) is 1. The first-order valence-corrected chi connectivity index (χ1v) is 6.46. The molecule has 2 N–H and O–H groups in total. The molecule has 100 valence electrons. The molecule has 2 rings (SSSR count). The van der Waals surface area contributed by atoms with Crippen LogP contribution in [0.5, 0.6) is 0 Å². The third-order valence-electron chi connectivity index (χ3n) is 3.02. The van der Waals surface area contributed by atoms with Gasteiger partial charge in [-0.3, -0.25) is 4.79 Å². The van der Waals surface area contributed by atoms with Crippen LogP contribution in [0.4, 0.5) is 0 Å². The van der Waals surface area contributed by atoms with E-state index >= 15 is 0 Å². The Morgan fingerprint density at radius 2 is 2.21 bits per heavy atom. The van der Waals surface area contributed by atoms with Gasteiger partial charge in [0.1, 0.15) is 4.99 Å². The summed E-state index contributed by atoms with van der Waals surface area (Å²) in [7, 11) is 0. The second-order valence-corrected chi connectivity index (χ2v) is 4.80. The van der Waals surface area contributed by atoms with E-state index in [1.54, 1.807) is 23.2 Å². The Hall–Kier alpha value is -1.95. The highest BCUT2D eigenvalue weighted by Crippen LogP contribution is 2.01. The summed E-state index contributed by atoms with van der Waals surface area (Å²) in [6, 6.07) is 3.56. The molecule has 0 aliphatic carbocycles. The number of aromatic nitrogens is 3. The normalized spacial score (nSPS) is 10.6. The fraction of sp³-hybridized carbons (Fsp3) is 0.308. The maximum absolute atomic E-state index is 12.2. The van der Waals surface area contributed by atoms with Gasteiger partial charge in [-0.15, -0.1) is 0 Å². The van der Waals surface area contributed by atoms with Gasteiger partial charge in [-0.2, -0.15) is 0 Å². The van der Waals surface area contributed by atoms with Gasteiger partial charge in [0.25, 0.3) is 5.56 Å². The zero-order valence-corrected chi connectivity index (χ0v) is 11.6. The van der Waals surface area contributed by atoms with Gasteiger partial charge in [-0.25, -0.2) is 4.98 Å². The third-order valence-corrected chi connectivity index (χ3v) is 3.24. The van der Waals surface area contributed by atoms with Gasteiger partial charge in [0.05, 0.1) is 11.9 Å². The third kappa shape index (κ3) is 3.08. The van der Waals surface area contributed by atoms with Crippen molar-refractivity contribution in [3.63, 3.8) is 0 Å². The Morgan fingerprint density at radius 1 is 1.42 bits per heavy atom. The molecular formula is C13H16N4OS. The fourth-order valence-electron chi connectivity index (χ4n) is 1.97. The topological polar surface area (TPSA) is 65.8 Å². The number of hydrogen-bond donors (Lipinski definition) is 1. The molecule has 0 unspecified atom stereocenters. The van der Waals surface area contributed by atoms with Crippen molar-refractivity contribution in [1.29, 1.82) is 0 Å². The summed E-state index contributed by atoms with van der Waals surface area (Å²) in [4.78, 5) is 16.3. The van der Waals surface area contributed by atoms with E-state index in [1.807, 2.05) is 23.8 Å². The number of rotatable bonds is 5. The molecule has 0 radical (unpaired) electrons. The molecular weight excluding hydrogens is 260 g/mol. The highest BCUT2D eigenvalue weighted by Gasteiger charge is 2.08. The molecule has 0 spiro atoms. The molecule has 0 saturated heterocycles. The summed E-state index contributed by atoms with van der Waals surface area (Å²) in [6.45, 7) is 3.37. The largest absolute Gasteiger partial charge is 0.389 e. The molecule has 0 saturated carbocycles. The zero-order chi connectivity index (χ0) is 13.8. The van der Waals surface area contributed by atoms with E-state index in [4.69, 9.17) is 18.0 Å². The van der Waals surface area contributed by atoms with E-state index in [9.17, 15) is 4.79 Å². The van der Waals surface area contributed by atoms with Crippen molar-refractivity contribution in [2.24, 2.45) is 5.73 Å². The van der Waals surface area contributed by atoms with E-state index in [2.05, 4.69) is 4.98 Å². The van der Waals surface area contributed by atoms with Crippen molar-refractivity contribution in [2.75, 3.05) is 0 Å². The number of nitrogens with zero attached hydrogens (tertiary/aromatic N) is 3. The molecule has 2 aromatic rings. The van der Waals surface area contributed by atoms with Gasteiger partial charge in [-0.1, -0.05) is 12.2 Å². The minimum absolute atomic E-state index is 0.113. The molecule has 6 heteroatoms. The SMILES string of the molecule is Cc1ccc(C(N)=S)c(=O)n1CCCn1ccnc1. The molecule has 0 atom stereocenters. The number of imidazole rings is 1. The Balaban J connectivity index is 2.13. The van der Waals surface area contributed by atoms with Crippen LogP contribution in [-0.2, 0) is 13.1 Å². The average molecular weight is 276 g/mol. The second kappa shape index (κ2) is 5.79. The van der Waals surface area contributed by atoms with Gasteiger partial charge in [-0.05, 0) is 25.5 Å². The first-order chi connectivity index (χ1) is 9.09. The van der Waals surface area contributed by atoms with Crippen LogP contribution in [0, 0.1) is 6.92 Å². The van der Waals surface area contributed by atoms with Gasteiger partial charge in [0.15, 0.2) is 0 Å². The van der Waals surface area contributed by atoms with E-state index in [-0.39, 0.29) is 10.5 Å². The zero-order valence-electron chi connectivity index (χ0n) is 10.7. The summed E-state index contributed by atoms with van der Waals surface area (Å²) < 4.78 is 3.70. The summed E-state index contributed by atoms with van der Waals surface area (Å²) in [5.41, 5.74) is 6.75. The lowest BCUT2D eigenvalue weighted by atomic mass is 10.2. The van der Waals surface area contributed by atoms with Crippen molar-refractivity contribution >= 4 is 17.2 Å². The monoisotopic (exact) mass is 276 g/mol.